The van der Waals surface area contributed by atoms with E-state index in [1.54, 1.807) is 0 Å². The molecule has 0 fully saturated rings. The summed E-state index contributed by atoms with van der Waals surface area (Å²) >= 11 is 0.828. The van der Waals surface area contributed by atoms with E-state index < -0.39 is 30.3 Å². The Morgan fingerprint density at radius 2 is 1.64 bits per heavy atom. The van der Waals surface area contributed by atoms with E-state index in [2.05, 4.69) is 9.47 Å². The molecule has 9 heteroatoms. The zero-order chi connectivity index (χ0) is 18.6. The van der Waals surface area contributed by atoms with Crippen molar-refractivity contribution in [1.82, 2.24) is 0 Å². The Labute approximate surface area is 146 Å². The maximum Gasteiger partial charge on any atom is 0.348 e. The molecule has 0 saturated heterocycles. The molecule has 0 radical (unpaired) electrons. The monoisotopic (exact) mass is 367 g/mol. The number of benzene rings is 1. The Hall–Kier alpha value is -2.94. The van der Waals surface area contributed by atoms with E-state index in [0.717, 1.165) is 30.6 Å². The Bertz CT molecular complexity index is 815. The summed E-state index contributed by atoms with van der Waals surface area (Å²) in [6.45, 7) is -0.404. The minimum atomic E-state index is -0.767. The highest BCUT2D eigenvalue weighted by atomic mass is 32.1. The fourth-order valence-electron chi connectivity index (χ4n) is 2.01. The van der Waals surface area contributed by atoms with Crippen LogP contribution in [0.5, 0.6) is 0 Å². The van der Waals surface area contributed by atoms with Crippen molar-refractivity contribution in [2.75, 3.05) is 20.0 Å². The Morgan fingerprint density at radius 1 is 1.04 bits per heavy atom. The van der Waals surface area contributed by atoms with Crippen LogP contribution >= 0.6 is 11.3 Å². The second kappa shape index (κ2) is 7.75. The van der Waals surface area contributed by atoms with Crippen LogP contribution in [0.15, 0.2) is 24.3 Å². The molecule has 0 spiro atoms. The zero-order valence-corrected chi connectivity index (χ0v) is 14.1. The number of rotatable bonds is 5. The summed E-state index contributed by atoms with van der Waals surface area (Å²) in [5.74, 6) is -2.74. The second-order valence-electron chi connectivity index (χ2n) is 4.72. The number of thiophene rings is 1. The van der Waals surface area contributed by atoms with Gasteiger partial charge in [0, 0.05) is 5.56 Å². The number of halogens is 1. The van der Waals surface area contributed by atoms with Gasteiger partial charge < -0.3 is 19.9 Å². The fraction of sp³-hybridized carbons (Fsp3) is 0.188. The van der Waals surface area contributed by atoms with Crippen LogP contribution in [0.2, 0.25) is 0 Å². The number of ether oxygens (including phenoxy) is 3. The quantitative estimate of drug-likeness (QED) is 0.639. The van der Waals surface area contributed by atoms with Gasteiger partial charge in [-0.3, -0.25) is 0 Å². The van der Waals surface area contributed by atoms with Gasteiger partial charge in [-0.1, -0.05) is 0 Å². The first-order chi connectivity index (χ1) is 11.9. The van der Waals surface area contributed by atoms with Crippen molar-refractivity contribution in [3.63, 3.8) is 0 Å². The van der Waals surface area contributed by atoms with E-state index in [1.807, 2.05) is 0 Å². The standard InChI is InChI=1S/C16H14FNO6S/c1-22-15(20)11-10(12(16(21)23-2)25-13(11)18)7-24-14(19)8-3-5-9(17)6-4-8/h3-6H,7,18H2,1-2H3. The molecule has 132 valence electrons. The minimum Gasteiger partial charge on any atom is -0.465 e. The van der Waals surface area contributed by atoms with Crippen molar-refractivity contribution in [2.45, 2.75) is 6.61 Å². The molecular formula is C16H14FNO6S. The maximum atomic E-state index is 12.9. The summed E-state index contributed by atoms with van der Waals surface area (Å²) < 4.78 is 27.3. The summed E-state index contributed by atoms with van der Waals surface area (Å²) in [6.07, 6.45) is 0. The third-order valence-corrected chi connectivity index (χ3v) is 4.26. The van der Waals surface area contributed by atoms with Gasteiger partial charge in [0.2, 0.25) is 0 Å². The molecule has 0 bridgehead atoms. The Kier molecular flexibility index (Phi) is 5.71. The first-order valence-electron chi connectivity index (χ1n) is 6.89. The highest BCUT2D eigenvalue weighted by molar-refractivity contribution is 7.18. The molecule has 7 nitrogen and oxygen atoms in total. The maximum absolute atomic E-state index is 12.9. The van der Waals surface area contributed by atoms with E-state index in [9.17, 15) is 18.8 Å². The molecule has 2 aromatic rings. The Balaban J connectivity index is 2.30. The number of hydrogen-bond donors (Lipinski definition) is 1. The summed E-state index contributed by atoms with van der Waals surface area (Å²) in [5, 5.41) is 0.0417. The summed E-state index contributed by atoms with van der Waals surface area (Å²) in [7, 11) is 2.33. The molecule has 0 amide bonds. The van der Waals surface area contributed by atoms with Gasteiger partial charge in [0.1, 0.15) is 27.9 Å². The van der Waals surface area contributed by atoms with Gasteiger partial charge in [0.05, 0.1) is 19.8 Å². The molecule has 1 aromatic heterocycles. The number of nitrogen functional groups attached to an aromatic ring is 1. The number of anilines is 1. The van der Waals surface area contributed by atoms with E-state index >= 15 is 0 Å². The zero-order valence-electron chi connectivity index (χ0n) is 13.3. The van der Waals surface area contributed by atoms with Crippen LogP contribution in [-0.2, 0) is 20.8 Å². The number of nitrogens with two attached hydrogens (primary N) is 1. The van der Waals surface area contributed by atoms with Crippen LogP contribution in [0.4, 0.5) is 9.39 Å². The largest absolute Gasteiger partial charge is 0.465 e. The van der Waals surface area contributed by atoms with Gasteiger partial charge in [-0.05, 0) is 24.3 Å². The molecule has 1 aromatic carbocycles. The van der Waals surface area contributed by atoms with Gasteiger partial charge in [-0.15, -0.1) is 11.3 Å². The molecule has 0 aliphatic heterocycles. The molecule has 0 aliphatic rings. The van der Waals surface area contributed by atoms with Crippen molar-refractivity contribution in [3.8, 4) is 0 Å². The topological polar surface area (TPSA) is 105 Å². The minimum absolute atomic E-state index is 0.0345. The lowest BCUT2D eigenvalue weighted by atomic mass is 10.1. The highest BCUT2D eigenvalue weighted by Crippen LogP contribution is 2.33. The molecular weight excluding hydrogens is 353 g/mol. The third kappa shape index (κ3) is 3.94. The Morgan fingerprint density at radius 3 is 2.20 bits per heavy atom. The van der Waals surface area contributed by atoms with E-state index in [-0.39, 0.29) is 26.6 Å². The second-order valence-corrected chi connectivity index (χ2v) is 5.77. The van der Waals surface area contributed by atoms with Crippen LogP contribution < -0.4 is 5.73 Å². The number of carbonyl (C=O) groups excluding carboxylic acids is 3. The summed E-state index contributed by atoms with van der Waals surface area (Å²) in [5.41, 5.74) is 5.93. The van der Waals surface area contributed by atoms with Crippen LogP contribution in [0, 0.1) is 5.82 Å². The van der Waals surface area contributed by atoms with Crippen LogP contribution in [0.3, 0.4) is 0 Å². The first kappa shape index (κ1) is 18.4. The van der Waals surface area contributed by atoms with Crippen LogP contribution in [0.1, 0.15) is 36.0 Å². The molecule has 0 saturated carbocycles. The predicted molar refractivity (Wildman–Crippen MR) is 86.9 cm³/mol. The van der Waals surface area contributed by atoms with Crippen molar-refractivity contribution in [1.29, 1.82) is 0 Å². The molecule has 0 unspecified atom stereocenters. The SMILES string of the molecule is COC(=O)c1sc(N)c(C(=O)OC)c1COC(=O)c1ccc(F)cc1. The summed E-state index contributed by atoms with van der Waals surface area (Å²) in [6, 6.07) is 4.72. The number of carbonyl (C=O) groups is 3. The van der Waals surface area contributed by atoms with Gasteiger partial charge >= 0.3 is 17.9 Å². The smallest absolute Gasteiger partial charge is 0.348 e. The average Bonchev–Trinajstić information content (AvgIpc) is 2.95. The summed E-state index contributed by atoms with van der Waals surface area (Å²) in [4.78, 5) is 35.8. The third-order valence-electron chi connectivity index (χ3n) is 3.22. The van der Waals surface area contributed by atoms with Gasteiger partial charge in [-0.2, -0.15) is 0 Å². The number of esters is 3. The lowest BCUT2D eigenvalue weighted by Crippen LogP contribution is -2.12. The van der Waals surface area contributed by atoms with Crippen molar-refractivity contribution < 1.29 is 33.0 Å². The lowest BCUT2D eigenvalue weighted by Gasteiger charge is -2.08. The molecule has 25 heavy (non-hydrogen) atoms. The van der Waals surface area contributed by atoms with Gasteiger partial charge in [-0.25, -0.2) is 18.8 Å². The van der Waals surface area contributed by atoms with Crippen molar-refractivity contribution in [3.05, 3.63) is 51.7 Å². The van der Waals surface area contributed by atoms with E-state index in [4.69, 9.17) is 10.5 Å². The van der Waals surface area contributed by atoms with Crippen molar-refractivity contribution in [2.24, 2.45) is 0 Å². The number of hydrogen-bond acceptors (Lipinski definition) is 8. The van der Waals surface area contributed by atoms with E-state index in [0.29, 0.717) is 0 Å². The molecule has 1 heterocycles. The predicted octanol–water partition coefficient (Wildman–Crippen LogP) is 2.40. The normalized spacial score (nSPS) is 10.2. The van der Waals surface area contributed by atoms with Crippen molar-refractivity contribution >= 4 is 34.2 Å². The van der Waals surface area contributed by atoms with Crippen LogP contribution in [0.25, 0.3) is 0 Å². The molecule has 2 N–H and O–H groups in total. The fourth-order valence-corrected chi connectivity index (χ4v) is 2.99. The van der Waals surface area contributed by atoms with Crippen LogP contribution in [-0.4, -0.2) is 32.1 Å². The number of methoxy groups -OCH3 is 2. The molecule has 2 rings (SSSR count). The van der Waals surface area contributed by atoms with E-state index in [1.165, 1.54) is 19.2 Å². The van der Waals surface area contributed by atoms with Gasteiger partial charge in [0.25, 0.3) is 0 Å². The lowest BCUT2D eigenvalue weighted by molar-refractivity contribution is 0.0452. The van der Waals surface area contributed by atoms with Gasteiger partial charge in [0.15, 0.2) is 0 Å². The molecule has 0 aliphatic carbocycles. The molecule has 0 atom stereocenters. The first-order valence-corrected chi connectivity index (χ1v) is 7.71. The average molecular weight is 367 g/mol. The highest BCUT2D eigenvalue weighted by Gasteiger charge is 2.28.